The molecule has 2 aromatic heterocycles. The number of benzene rings is 2. The normalized spacial score (nSPS) is 11.9. The van der Waals surface area contributed by atoms with Gasteiger partial charge in [0.2, 0.25) is 0 Å². The number of rotatable bonds is 5. The lowest BCUT2D eigenvalue weighted by Gasteiger charge is -2.00. The highest BCUT2D eigenvalue weighted by Crippen LogP contribution is 2.30. The number of H-pyrrole nitrogens is 2. The lowest BCUT2D eigenvalue weighted by Crippen LogP contribution is -1.80. The molecule has 27 heavy (non-hydrogen) atoms. The fourth-order valence-electron chi connectivity index (χ4n) is 3.67. The summed E-state index contributed by atoms with van der Waals surface area (Å²) in [5.41, 5.74) is 7.79. The Bertz CT molecular complexity index is 1210. The summed E-state index contributed by atoms with van der Waals surface area (Å²) < 4.78 is 0. The average molecular weight is 350 g/mol. The molecule has 0 aliphatic carbocycles. The van der Waals surface area contributed by atoms with E-state index in [1.165, 1.54) is 16.3 Å². The van der Waals surface area contributed by atoms with E-state index in [1.807, 2.05) is 19.1 Å². The standard InChI is InChI=1S/C25H22N2/c1-4-10-19-20-12-7-8-13-22(20)27-23(19)16-15-17-11-9-14-24-25(17)18(5-2)21(6-3)26-24/h4-16,26-27H,2-3H2,1H3/b10-4-,16-15-. The highest BCUT2D eigenvalue weighted by molar-refractivity contribution is 6.01. The van der Waals surface area contributed by atoms with Crippen LogP contribution in [0.15, 0.2) is 61.7 Å². The number of hydrogen-bond donors (Lipinski definition) is 2. The van der Waals surface area contributed by atoms with Gasteiger partial charge in [-0.2, -0.15) is 0 Å². The molecule has 2 aromatic carbocycles. The molecule has 0 aliphatic rings. The predicted molar refractivity (Wildman–Crippen MR) is 120 cm³/mol. The second-order valence-corrected chi connectivity index (χ2v) is 6.46. The Hall–Kier alpha value is -3.52. The third kappa shape index (κ3) is 2.85. The van der Waals surface area contributed by atoms with Gasteiger partial charge < -0.3 is 9.97 Å². The van der Waals surface area contributed by atoms with Gasteiger partial charge in [-0.3, -0.25) is 0 Å². The van der Waals surface area contributed by atoms with Gasteiger partial charge in [0.1, 0.15) is 0 Å². The molecule has 0 saturated heterocycles. The minimum Gasteiger partial charge on any atom is -0.355 e. The Morgan fingerprint density at radius 3 is 2.30 bits per heavy atom. The van der Waals surface area contributed by atoms with Crippen LogP contribution in [0, 0.1) is 0 Å². The number of hydrogen-bond acceptors (Lipinski definition) is 0. The van der Waals surface area contributed by atoms with Gasteiger partial charge >= 0.3 is 0 Å². The molecule has 0 saturated carbocycles. The third-order valence-electron chi connectivity index (χ3n) is 4.87. The summed E-state index contributed by atoms with van der Waals surface area (Å²) in [6.07, 6.45) is 12.3. The Balaban J connectivity index is 1.88. The number of nitrogens with one attached hydrogen (secondary N) is 2. The molecule has 2 nitrogen and oxygen atoms in total. The van der Waals surface area contributed by atoms with Crippen molar-refractivity contribution >= 4 is 52.2 Å². The minimum atomic E-state index is 1.00. The molecule has 0 spiro atoms. The lowest BCUT2D eigenvalue weighted by molar-refractivity contribution is 1.42. The van der Waals surface area contributed by atoms with Gasteiger partial charge in [0, 0.05) is 44.3 Å². The molecule has 132 valence electrons. The van der Waals surface area contributed by atoms with E-state index < -0.39 is 0 Å². The Morgan fingerprint density at radius 1 is 0.741 bits per heavy atom. The second-order valence-electron chi connectivity index (χ2n) is 6.46. The second kappa shape index (κ2) is 7.00. The lowest BCUT2D eigenvalue weighted by atomic mass is 10.0. The maximum Gasteiger partial charge on any atom is 0.0470 e. The number of fused-ring (bicyclic) bond motifs is 2. The topological polar surface area (TPSA) is 31.6 Å². The molecule has 4 aromatic rings. The van der Waals surface area contributed by atoms with E-state index in [1.54, 1.807) is 0 Å². The van der Waals surface area contributed by atoms with Crippen molar-refractivity contribution in [1.82, 2.24) is 9.97 Å². The number of para-hydroxylation sites is 1. The summed E-state index contributed by atoms with van der Waals surface area (Å²) in [7, 11) is 0. The fourth-order valence-corrected chi connectivity index (χ4v) is 3.67. The highest BCUT2D eigenvalue weighted by atomic mass is 14.7. The first-order valence-electron chi connectivity index (χ1n) is 9.08. The number of allylic oxidation sites excluding steroid dienone is 1. The van der Waals surface area contributed by atoms with Crippen LogP contribution in [0.5, 0.6) is 0 Å². The van der Waals surface area contributed by atoms with Crippen molar-refractivity contribution in [3.05, 3.63) is 89.8 Å². The van der Waals surface area contributed by atoms with Crippen molar-refractivity contribution < 1.29 is 0 Å². The van der Waals surface area contributed by atoms with E-state index in [9.17, 15) is 0 Å². The van der Waals surface area contributed by atoms with Gasteiger partial charge in [0.25, 0.3) is 0 Å². The quantitative estimate of drug-likeness (QED) is 0.383. The molecule has 0 amide bonds. The first-order valence-corrected chi connectivity index (χ1v) is 9.08. The van der Waals surface area contributed by atoms with Gasteiger partial charge in [0.15, 0.2) is 0 Å². The van der Waals surface area contributed by atoms with Crippen molar-refractivity contribution in [2.45, 2.75) is 6.92 Å². The third-order valence-corrected chi connectivity index (χ3v) is 4.87. The minimum absolute atomic E-state index is 1.00. The van der Waals surface area contributed by atoms with Gasteiger partial charge in [0.05, 0.1) is 0 Å². The SMILES string of the molecule is C=Cc1[nH]c2cccc(/C=C\c3[nH]c4ccccc4c3/C=C\C)c2c1C=C. The zero-order valence-corrected chi connectivity index (χ0v) is 15.4. The molecular formula is C25H22N2. The van der Waals surface area contributed by atoms with Crippen molar-refractivity contribution in [2.75, 3.05) is 0 Å². The number of aromatic amines is 2. The van der Waals surface area contributed by atoms with Crippen molar-refractivity contribution in [3.63, 3.8) is 0 Å². The Kier molecular flexibility index (Phi) is 4.39. The summed E-state index contributed by atoms with van der Waals surface area (Å²) in [4.78, 5) is 6.94. The monoisotopic (exact) mass is 350 g/mol. The van der Waals surface area contributed by atoms with Crippen LogP contribution in [0.3, 0.4) is 0 Å². The molecule has 2 heteroatoms. The maximum absolute atomic E-state index is 3.98. The van der Waals surface area contributed by atoms with E-state index in [0.717, 1.165) is 33.5 Å². The van der Waals surface area contributed by atoms with Crippen LogP contribution < -0.4 is 0 Å². The molecule has 2 N–H and O–H groups in total. The van der Waals surface area contributed by atoms with Gasteiger partial charge in [-0.25, -0.2) is 0 Å². The van der Waals surface area contributed by atoms with Crippen LogP contribution in [0.1, 0.15) is 35.0 Å². The summed E-state index contributed by atoms with van der Waals surface area (Å²) in [6.45, 7) is 9.93. The van der Waals surface area contributed by atoms with Crippen LogP contribution in [-0.2, 0) is 0 Å². The maximum atomic E-state index is 3.98. The van der Waals surface area contributed by atoms with E-state index in [-0.39, 0.29) is 0 Å². The van der Waals surface area contributed by atoms with Gasteiger partial charge in [-0.15, -0.1) is 0 Å². The van der Waals surface area contributed by atoms with Crippen molar-refractivity contribution in [1.29, 1.82) is 0 Å². The Morgan fingerprint density at radius 2 is 1.52 bits per heavy atom. The van der Waals surface area contributed by atoms with Crippen LogP contribution in [0.4, 0.5) is 0 Å². The van der Waals surface area contributed by atoms with Gasteiger partial charge in [-0.05, 0) is 36.8 Å². The van der Waals surface area contributed by atoms with Crippen LogP contribution >= 0.6 is 0 Å². The number of aromatic nitrogens is 2. The summed E-state index contributed by atoms with van der Waals surface area (Å²) in [5.74, 6) is 0. The fraction of sp³-hybridized carbons (Fsp3) is 0.0400. The summed E-state index contributed by atoms with van der Waals surface area (Å²) in [6, 6.07) is 14.7. The van der Waals surface area contributed by atoms with E-state index in [2.05, 4.69) is 89.9 Å². The zero-order valence-electron chi connectivity index (χ0n) is 15.4. The molecule has 0 aliphatic heterocycles. The molecule has 2 heterocycles. The van der Waals surface area contributed by atoms with Crippen LogP contribution in [-0.4, -0.2) is 9.97 Å². The van der Waals surface area contributed by atoms with E-state index in [4.69, 9.17) is 0 Å². The molecule has 0 atom stereocenters. The average Bonchev–Trinajstić information content (AvgIpc) is 3.24. The van der Waals surface area contributed by atoms with Gasteiger partial charge in [-0.1, -0.05) is 67.8 Å². The Labute approximate surface area is 159 Å². The molecule has 4 rings (SSSR count). The molecular weight excluding hydrogens is 328 g/mol. The molecule has 0 bridgehead atoms. The van der Waals surface area contributed by atoms with Crippen molar-refractivity contribution in [2.24, 2.45) is 0 Å². The van der Waals surface area contributed by atoms with Crippen LogP contribution in [0.2, 0.25) is 0 Å². The first kappa shape index (κ1) is 16.9. The van der Waals surface area contributed by atoms with Crippen LogP contribution in [0.25, 0.3) is 52.2 Å². The van der Waals surface area contributed by atoms with Crippen molar-refractivity contribution in [3.8, 4) is 0 Å². The molecule has 0 fully saturated rings. The van der Waals surface area contributed by atoms with E-state index >= 15 is 0 Å². The highest BCUT2D eigenvalue weighted by Gasteiger charge is 2.10. The van der Waals surface area contributed by atoms with E-state index in [0.29, 0.717) is 0 Å². The zero-order chi connectivity index (χ0) is 18.8. The smallest absolute Gasteiger partial charge is 0.0470 e. The molecule has 0 unspecified atom stereocenters. The summed E-state index contributed by atoms with van der Waals surface area (Å²) >= 11 is 0. The summed E-state index contributed by atoms with van der Waals surface area (Å²) in [5, 5.41) is 2.40. The predicted octanol–water partition coefficient (Wildman–Crippen LogP) is 7.14. The largest absolute Gasteiger partial charge is 0.355 e. The molecule has 0 radical (unpaired) electrons. The first-order chi connectivity index (χ1) is 13.3.